The first-order valence-electron chi connectivity index (χ1n) is 5.17. The molecular weight excluding hydrogens is 272 g/mol. The summed E-state index contributed by atoms with van der Waals surface area (Å²) in [5.74, 6) is 0.965. The number of nitrogens with zero attached hydrogens (tertiary/aromatic N) is 3. The monoisotopic (exact) mass is 282 g/mol. The van der Waals surface area contributed by atoms with Gasteiger partial charge in [-0.1, -0.05) is 0 Å². The van der Waals surface area contributed by atoms with Crippen molar-refractivity contribution in [1.29, 1.82) is 0 Å². The van der Waals surface area contributed by atoms with E-state index in [-0.39, 0.29) is 0 Å². The Hall–Kier alpha value is -1.14. The number of morpholine rings is 1. The fraction of sp³-hybridized carbons (Fsp3) is 0.400. The number of fused-ring (bicyclic) bond motifs is 1. The maximum Gasteiger partial charge on any atom is 0.160 e. The van der Waals surface area contributed by atoms with Gasteiger partial charge in [-0.3, -0.25) is 5.10 Å². The number of anilines is 1. The zero-order chi connectivity index (χ0) is 11.0. The fourth-order valence-electron chi connectivity index (χ4n) is 1.88. The molecule has 1 aliphatic heterocycles. The lowest BCUT2D eigenvalue weighted by atomic mass is 10.3. The molecule has 2 aromatic heterocycles. The highest BCUT2D eigenvalue weighted by atomic mass is 79.9. The Morgan fingerprint density at radius 3 is 3.00 bits per heavy atom. The summed E-state index contributed by atoms with van der Waals surface area (Å²) in [6.07, 6.45) is 1.77. The number of pyridine rings is 1. The fourth-order valence-corrected chi connectivity index (χ4v) is 2.21. The largest absolute Gasteiger partial charge is 0.378 e. The molecule has 1 aliphatic rings. The molecule has 1 fully saturated rings. The molecule has 0 radical (unpaired) electrons. The molecule has 5 nitrogen and oxygen atoms in total. The van der Waals surface area contributed by atoms with E-state index in [2.05, 4.69) is 36.0 Å². The lowest BCUT2D eigenvalue weighted by Gasteiger charge is -2.26. The van der Waals surface area contributed by atoms with Gasteiger partial charge < -0.3 is 9.64 Å². The average molecular weight is 283 g/mol. The van der Waals surface area contributed by atoms with E-state index in [9.17, 15) is 0 Å². The lowest BCUT2D eigenvalue weighted by Crippen LogP contribution is -2.36. The van der Waals surface area contributed by atoms with Crippen LogP contribution in [0.1, 0.15) is 0 Å². The number of H-pyrrole nitrogens is 1. The van der Waals surface area contributed by atoms with Gasteiger partial charge in [0, 0.05) is 23.8 Å². The molecule has 6 heteroatoms. The molecule has 0 atom stereocenters. The summed E-state index contributed by atoms with van der Waals surface area (Å²) in [5.41, 5.74) is 0.824. The van der Waals surface area contributed by atoms with E-state index in [1.807, 2.05) is 6.07 Å². The molecule has 0 bridgehead atoms. The van der Waals surface area contributed by atoms with Crippen molar-refractivity contribution in [3.63, 3.8) is 0 Å². The number of nitrogens with one attached hydrogen (secondary N) is 1. The van der Waals surface area contributed by atoms with E-state index in [0.717, 1.165) is 47.6 Å². The molecule has 0 unspecified atom stereocenters. The number of ether oxygens (including phenoxy) is 1. The van der Waals surface area contributed by atoms with E-state index >= 15 is 0 Å². The lowest BCUT2D eigenvalue weighted by molar-refractivity contribution is 0.122. The van der Waals surface area contributed by atoms with Crippen LogP contribution in [0.5, 0.6) is 0 Å². The molecule has 16 heavy (non-hydrogen) atoms. The minimum Gasteiger partial charge on any atom is -0.378 e. The van der Waals surface area contributed by atoms with Gasteiger partial charge in [0.2, 0.25) is 0 Å². The number of aromatic nitrogens is 3. The number of halogens is 1. The highest BCUT2D eigenvalue weighted by Gasteiger charge is 2.17. The molecule has 1 N–H and O–H groups in total. The predicted molar refractivity (Wildman–Crippen MR) is 64.6 cm³/mol. The van der Waals surface area contributed by atoms with Gasteiger partial charge in [-0.25, -0.2) is 4.98 Å². The second-order valence-corrected chi connectivity index (χ2v) is 4.61. The van der Waals surface area contributed by atoms with Crippen LogP contribution in [-0.2, 0) is 4.74 Å². The van der Waals surface area contributed by atoms with Crippen LogP contribution in [-0.4, -0.2) is 41.5 Å². The topological polar surface area (TPSA) is 54.0 Å². The van der Waals surface area contributed by atoms with Gasteiger partial charge in [0.25, 0.3) is 0 Å². The summed E-state index contributed by atoms with van der Waals surface area (Å²) >= 11 is 3.43. The van der Waals surface area contributed by atoms with Crippen molar-refractivity contribution in [3.8, 4) is 0 Å². The Morgan fingerprint density at radius 1 is 1.38 bits per heavy atom. The van der Waals surface area contributed by atoms with Gasteiger partial charge in [0.15, 0.2) is 11.5 Å². The number of hydrogen-bond acceptors (Lipinski definition) is 4. The average Bonchev–Trinajstić information content (AvgIpc) is 2.73. The van der Waals surface area contributed by atoms with Crippen LogP contribution in [0.2, 0.25) is 0 Å². The molecule has 0 aliphatic carbocycles. The van der Waals surface area contributed by atoms with Crippen LogP contribution in [0.3, 0.4) is 0 Å². The van der Waals surface area contributed by atoms with Gasteiger partial charge in [-0.15, -0.1) is 0 Å². The smallest absolute Gasteiger partial charge is 0.160 e. The molecule has 3 heterocycles. The van der Waals surface area contributed by atoms with Gasteiger partial charge in [0.1, 0.15) is 0 Å². The van der Waals surface area contributed by atoms with Crippen molar-refractivity contribution in [2.45, 2.75) is 0 Å². The molecule has 0 amide bonds. The van der Waals surface area contributed by atoms with E-state index in [1.54, 1.807) is 6.20 Å². The zero-order valence-electron chi connectivity index (χ0n) is 8.61. The van der Waals surface area contributed by atoms with Crippen molar-refractivity contribution in [1.82, 2.24) is 15.2 Å². The maximum atomic E-state index is 5.33. The Balaban J connectivity index is 2.05. The van der Waals surface area contributed by atoms with Crippen molar-refractivity contribution in [3.05, 3.63) is 16.7 Å². The highest BCUT2D eigenvalue weighted by molar-refractivity contribution is 9.10. The first-order valence-corrected chi connectivity index (χ1v) is 5.96. The molecular formula is C10H11BrN4O. The molecule has 0 aromatic carbocycles. The third-order valence-electron chi connectivity index (χ3n) is 2.67. The SMILES string of the molecule is Brc1cnc2[nH]nc(N3CCOCC3)c2c1. The molecule has 0 saturated carbocycles. The van der Waals surface area contributed by atoms with Gasteiger partial charge in [-0.2, -0.15) is 5.10 Å². The predicted octanol–water partition coefficient (Wildman–Crippen LogP) is 1.56. The highest BCUT2D eigenvalue weighted by Crippen LogP contribution is 2.25. The Kier molecular flexibility index (Phi) is 2.53. The summed E-state index contributed by atoms with van der Waals surface area (Å²) in [6, 6.07) is 2.04. The maximum absolute atomic E-state index is 5.33. The van der Waals surface area contributed by atoms with Crippen LogP contribution in [0.4, 0.5) is 5.82 Å². The minimum atomic E-state index is 0.760. The first kappa shape index (κ1) is 10.0. The van der Waals surface area contributed by atoms with Crippen LogP contribution < -0.4 is 4.90 Å². The van der Waals surface area contributed by atoms with E-state index < -0.39 is 0 Å². The van der Waals surface area contributed by atoms with Crippen molar-refractivity contribution < 1.29 is 4.74 Å². The molecule has 2 aromatic rings. The Bertz CT molecular complexity index is 506. The van der Waals surface area contributed by atoms with Gasteiger partial charge in [-0.05, 0) is 22.0 Å². The van der Waals surface area contributed by atoms with Gasteiger partial charge in [0.05, 0.1) is 18.6 Å². The number of rotatable bonds is 1. The van der Waals surface area contributed by atoms with E-state index in [4.69, 9.17) is 4.74 Å². The standard InChI is InChI=1S/C10H11BrN4O/c11-7-5-8-9(12-6-7)13-14-10(8)15-1-3-16-4-2-15/h5-6H,1-4H2,(H,12,13,14). The van der Waals surface area contributed by atoms with Crippen LogP contribution in [0.25, 0.3) is 11.0 Å². The Morgan fingerprint density at radius 2 is 2.19 bits per heavy atom. The van der Waals surface area contributed by atoms with Crippen molar-refractivity contribution in [2.75, 3.05) is 31.2 Å². The van der Waals surface area contributed by atoms with Crippen LogP contribution >= 0.6 is 15.9 Å². The van der Waals surface area contributed by atoms with Crippen molar-refractivity contribution >= 4 is 32.8 Å². The van der Waals surface area contributed by atoms with Crippen LogP contribution in [0, 0.1) is 0 Å². The number of hydrogen-bond donors (Lipinski definition) is 1. The van der Waals surface area contributed by atoms with E-state index in [0.29, 0.717) is 0 Å². The second kappa shape index (κ2) is 4.03. The normalized spacial score (nSPS) is 16.9. The quantitative estimate of drug-likeness (QED) is 0.863. The number of aromatic amines is 1. The third-order valence-corrected chi connectivity index (χ3v) is 3.11. The molecule has 84 valence electrons. The summed E-state index contributed by atoms with van der Waals surface area (Å²) in [4.78, 5) is 6.49. The van der Waals surface area contributed by atoms with E-state index in [1.165, 1.54) is 0 Å². The zero-order valence-corrected chi connectivity index (χ0v) is 10.2. The second-order valence-electron chi connectivity index (χ2n) is 3.70. The molecule has 0 spiro atoms. The molecule has 1 saturated heterocycles. The van der Waals surface area contributed by atoms with Gasteiger partial charge >= 0.3 is 0 Å². The summed E-state index contributed by atoms with van der Waals surface area (Å²) in [5, 5.41) is 8.32. The van der Waals surface area contributed by atoms with Crippen molar-refractivity contribution in [2.24, 2.45) is 0 Å². The summed E-state index contributed by atoms with van der Waals surface area (Å²) in [6.45, 7) is 3.28. The first-order chi connectivity index (χ1) is 7.84. The van der Waals surface area contributed by atoms with Crippen LogP contribution in [0.15, 0.2) is 16.7 Å². The summed E-state index contributed by atoms with van der Waals surface area (Å²) in [7, 11) is 0. The minimum absolute atomic E-state index is 0.760. The summed E-state index contributed by atoms with van der Waals surface area (Å²) < 4.78 is 6.30. The Labute approximate surface area is 101 Å². The molecule has 3 rings (SSSR count). The third kappa shape index (κ3) is 1.68.